The van der Waals surface area contributed by atoms with Crippen molar-refractivity contribution in [1.29, 1.82) is 0 Å². The Hall–Kier alpha value is -17.0. The summed E-state index contributed by atoms with van der Waals surface area (Å²) in [6.45, 7) is 5.26. The minimum atomic E-state index is -1.02. The number of nitrogens with one attached hydrogen (secondary N) is 1. The molecule has 2 N–H and O–H groups in total. The van der Waals surface area contributed by atoms with Crippen LogP contribution < -0.4 is 14.5 Å². The summed E-state index contributed by atoms with van der Waals surface area (Å²) in [7, 11) is 11.3. The van der Waals surface area contributed by atoms with Crippen molar-refractivity contribution >= 4 is 218 Å². The highest BCUT2D eigenvalue weighted by Gasteiger charge is 2.18. The number of carboxylic acids is 1. The second kappa shape index (κ2) is 53.5. The zero-order chi connectivity index (χ0) is 102. The van der Waals surface area contributed by atoms with Crippen LogP contribution in [0.4, 0.5) is 11.4 Å². The van der Waals surface area contributed by atoms with Gasteiger partial charge in [-0.05, 0) is 300 Å². The van der Waals surface area contributed by atoms with Gasteiger partial charge in [-0.2, -0.15) is 40.4 Å². The second-order valence-corrected chi connectivity index (χ2v) is 37.3. The van der Waals surface area contributed by atoms with Crippen LogP contribution in [0.1, 0.15) is 149 Å². The highest BCUT2D eigenvalue weighted by molar-refractivity contribution is 7.12. The second-order valence-electron chi connectivity index (χ2n) is 31.6. The predicted molar refractivity (Wildman–Crippen MR) is 591 cm³/mol. The van der Waals surface area contributed by atoms with E-state index in [1.54, 1.807) is 173 Å². The number of aryl methyl sites for hydroxylation is 1. The Morgan fingerprint density at radius 3 is 1.26 bits per heavy atom. The van der Waals surface area contributed by atoms with Gasteiger partial charge in [-0.3, -0.25) is 33.9 Å². The van der Waals surface area contributed by atoms with E-state index >= 15 is 0 Å². The number of carbonyl (C=O) groups excluding carboxylic acids is 6. The number of methoxy groups -OCH3 is 1. The van der Waals surface area contributed by atoms with Crippen LogP contribution in [0, 0.1) is 0 Å². The van der Waals surface area contributed by atoms with E-state index in [9.17, 15) is 33.6 Å². The predicted octanol–water partition coefficient (Wildman–Crippen LogP) is 25.5. The van der Waals surface area contributed by atoms with Crippen LogP contribution >= 0.6 is 79.9 Å². The van der Waals surface area contributed by atoms with Gasteiger partial charge in [0.15, 0.2) is 0 Å². The molecule has 0 saturated heterocycles. The van der Waals surface area contributed by atoms with E-state index in [-0.39, 0.29) is 41.0 Å². The molecule has 19 aromatic rings. The number of anilines is 2. The number of halogens is 2. The number of benzene rings is 6. The van der Waals surface area contributed by atoms with Crippen LogP contribution in [-0.2, 0) is 13.5 Å². The van der Waals surface area contributed by atoms with E-state index in [4.69, 9.17) is 33.0 Å². The Morgan fingerprint density at radius 2 is 0.841 bits per heavy atom. The monoisotopic (exact) mass is 2050 g/mol. The maximum Gasteiger partial charge on any atom is 0.335 e. The first-order chi connectivity index (χ1) is 70.3. The number of carbonyl (C=O) groups is 7. The van der Waals surface area contributed by atoms with Gasteiger partial charge in [0.05, 0.1) is 65.1 Å². The molecule has 0 unspecified atom stereocenters. The number of aromatic amines is 1. The number of hydrogen-bond donors (Lipinski definition) is 2. The SMILES string of the molecule is C(=C\c1ccn[nH]1)/c1ccccc1.C=C(C)C(=O)n1nccc1/C=C/c1c(Cl)cccc1Cl.CN(C)c1ccc(C(=O)n2ccc(/C=C/c3cccs3)n2)cc1.CN(C)c1cccc(C(=O)n2ccc(/C=C/c3cccs3)n2)c1.COc1ccc(CC(=O)n2ccc(/C=C/c3cccs3)n2)cc1.Cn1cccc1C(=O)n1ccc(/C=C/c2cccs2)n1.O=C(O)c1ccc(C(=O)n2ccc(/C=C/c3cccs3)n2)cc1. The zero-order valence-corrected chi connectivity index (χ0v) is 85.1. The van der Waals surface area contributed by atoms with Gasteiger partial charge in [-0.25, -0.2) is 28.2 Å². The number of allylic oxidation sites excluding steroid dienone is 1. The van der Waals surface area contributed by atoms with Gasteiger partial charge < -0.3 is 24.2 Å². The number of H-pyrrole nitrogens is 1. The highest BCUT2D eigenvalue weighted by atomic mass is 35.5. The molecule has 0 fully saturated rings. The Labute approximate surface area is 867 Å². The zero-order valence-electron chi connectivity index (χ0n) is 79.5. The molecule has 728 valence electrons. The molecular weight excluding hydrogens is 1960 g/mol. The van der Waals surface area contributed by atoms with E-state index in [2.05, 4.69) is 59.5 Å². The van der Waals surface area contributed by atoms with E-state index in [0.29, 0.717) is 61.4 Å². The molecule has 0 bridgehead atoms. The van der Waals surface area contributed by atoms with Gasteiger partial charge in [0.25, 0.3) is 35.4 Å². The van der Waals surface area contributed by atoms with Crippen LogP contribution in [0.5, 0.6) is 5.75 Å². The first-order valence-electron chi connectivity index (χ1n) is 44.6. The number of thiophene rings is 5. The standard InChI is InChI=1S/2C18H17N3OS.C18H16N2O2S.C17H12N2O3S.C15H12Cl2N2O.C15H13N3OS.C11H10N2/c1-20(2)16-6-3-5-14(13-16)18(22)21-11-10-15(19-21)8-9-17-7-4-12-23-17;1-20(2)16-8-5-14(6-9-16)18(22)21-12-11-15(19-21)7-10-17-4-3-13-23-17;1-22-16-7-4-14(5-8-16)13-18(21)20-11-10-15(19-20)6-9-17-3-2-12-23-17;20-16(12-3-5-13(6-4-12)17(21)22)19-10-9-14(18-19)7-8-15-2-1-11-23-15;1-10(2)15(20)19-11(8-9-18-19)6-7-12-13(16)4-3-5-14(12)17;1-17-9-2-5-14(17)15(19)18-10-8-12(16-18)6-7-13-4-3-11-20-13;1-2-4-10(5-3-1)6-7-11-8-9-12-13-11/h2*3-13H,1-2H3;2-12H,13H2,1H3;1-11H,(H,21,22);3-9H,1H2,2H3;2-11H,1H3;1-9H,(H,12,13)/b9-8+;10-7+;9-6+;8-7+;3*7-6+. The lowest BCUT2D eigenvalue weighted by Crippen LogP contribution is -2.15. The first-order valence-corrected chi connectivity index (χ1v) is 49.8. The molecule has 0 spiro atoms. The molecule has 0 aliphatic carbocycles. The van der Waals surface area contributed by atoms with Crippen molar-refractivity contribution in [3.8, 4) is 5.75 Å². The molecule has 0 radical (unpaired) electrons. The topological polar surface area (TPSA) is 296 Å². The Bertz CT molecular complexity index is 7640. The molecule has 0 amide bonds. The summed E-state index contributed by atoms with van der Waals surface area (Å²) in [6.07, 6.45) is 40.7. The van der Waals surface area contributed by atoms with E-state index < -0.39 is 5.97 Å². The highest BCUT2D eigenvalue weighted by Crippen LogP contribution is 2.28. The van der Waals surface area contributed by atoms with Crippen molar-refractivity contribution in [2.45, 2.75) is 13.3 Å². The van der Waals surface area contributed by atoms with Gasteiger partial charge in [0, 0.05) is 152 Å². The molecule has 0 aliphatic rings. The summed E-state index contributed by atoms with van der Waals surface area (Å²) >= 11 is 20.4. The maximum absolute atomic E-state index is 12.5. The largest absolute Gasteiger partial charge is 0.497 e. The number of aromatic carboxylic acids is 1. The van der Waals surface area contributed by atoms with Crippen molar-refractivity contribution in [2.24, 2.45) is 7.05 Å². The molecule has 19 rings (SSSR count). The molecule has 13 heterocycles. The van der Waals surface area contributed by atoms with Crippen LogP contribution in [0.2, 0.25) is 10.0 Å². The average Bonchev–Trinajstić information content (AvgIpc) is 1.74. The Balaban J connectivity index is 0.000000142. The third-order valence-corrected chi connectivity index (χ3v) is 25.5. The molecule has 0 atom stereocenters. The van der Waals surface area contributed by atoms with Crippen LogP contribution in [0.3, 0.4) is 0 Å². The van der Waals surface area contributed by atoms with Crippen molar-refractivity contribution < 1.29 is 43.4 Å². The maximum atomic E-state index is 12.5. The molecule has 0 saturated carbocycles. The van der Waals surface area contributed by atoms with E-state index in [0.717, 1.165) is 75.5 Å². The number of carboxylic acid groups (broad SMARTS) is 1. The van der Waals surface area contributed by atoms with E-state index in [1.165, 1.54) is 57.9 Å². The summed E-state index contributed by atoms with van der Waals surface area (Å²) in [5.41, 5.74) is 13.0. The summed E-state index contributed by atoms with van der Waals surface area (Å²) in [4.78, 5) is 94.2. The molecule has 6 aromatic carbocycles. The normalized spacial score (nSPS) is 11.0. The fourth-order valence-corrected chi connectivity index (χ4v) is 16.6. The van der Waals surface area contributed by atoms with Crippen LogP contribution in [0.25, 0.3) is 85.1 Å². The fraction of sp³-hybridized carbons (Fsp3) is 0.0714. The van der Waals surface area contributed by atoms with Gasteiger partial charge in [0.1, 0.15) is 11.4 Å². The van der Waals surface area contributed by atoms with Crippen molar-refractivity contribution in [1.82, 2.24) is 73.4 Å². The van der Waals surface area contributed by atoms with Crippen molar-refractivity contribution in [2.75, 3.05) is 45.1 Å². The number of aromatic nitrogens is 15. The lowest BCUT2D eigenvalue weighted by molar-refractivity contribution is 0.0694. The number of rotatable bonds is 25. The summed E-state index contributed by atoms with van der Waals surface area (Å²) < 4.78 is 14.9. The third-order valence-electron chi connectivity index (χ3n) is 20.7. The van der Waals surface area contributed by atoms with E-state index in [1.807, 2.05) is 333 Å². The van der Waals surface area contributed by atoms with Gasteiger partial charge in [-0.1, -0.05) is 121 Å². The molecular formula is C112H97Cl2N17O9S5. The van der Waals surface area contributed by atoms with Crippen molar-refractivity contribution in [3.05, 3.63) is 468 Å². The summed E-state index contributed by atoms with van der Waals surface area (Å²) in [5, 5.41) is 52.2. The average molecular weight is 2060 g/mol. The Morgan fingerprint density at radius 1 is 0.407 bits per heavy atom. The fourth-order valence-electron chi connectivity index (χ4n) is 13.0. The summed E-state index contributed by atoms with van der Waals surface area (Å²) in [6, 6.07) is 80.1. The number of nitrogens with zero attached hydrogens (tertiary/aromatic N) is 16. The molecule has 13 aromatic heterocycles. The molecule has 33 heteroatoms. The third kappa shape index (κ3) is 32.0. The van der Waals surface area contributed by atoms with Crippen LogP contribution in [0.15, 0.2) is 349 Å². The van der Waals surface area contributed by atoms with Gasteiger partial charge in [0.2, 0.25) is 0 Å². The minimum absolute atomic E-state index is 0.0639. The van der Waals surface area contributed by atoms with Gasteiger partial charge >= 0.3 is 5.97 Å². The molecule has 0 aliphatic heterocycles. The smallest absolute Gasteiger partial charge is 0.335 e. The minimum Gasteiger partial charge on any atom is -0.497 e. The number of ether oxygens (including phenoxy) is 1. The lowest BCUT2D eigenvalue weighted by atomic mass is 10.1. The number of hydrogen-bond acceptors (Lipinski definition) is 22. The molecule has 26 nitrogen and oxygen atoms in total. The van der Waals surface area contributed by atoms with Crippen LogP contribution in [-0.4, -0.2) is 155 Å². The molecule has 145 heavy (non-hydrogen) atoms. The Kier molecular flexibility index (Phi) is 38.9. The quantitative estimate of drug-likeness (QED) is 0.0502. The summed E-state index contributed by atoms with van der Waals surface area (Å²) in [5.74, 6) is -1.27. The van der Waals surface area contributed by atoms with Gasteiger partial charge in [-0.15, -0.1) is 56.7 Å². The van der Waals surface area contributed by atoms with Crippen molar-refractivity contribution in [3.63, 3.8) is 0 Å². The first kappa shape index (κ1) is 105. The lowest BCUT2D eigenvalue weighted by Gasteiger charge is -2.13.